The van der Waals surface area contributed by atoms with E-state index >= 15 is 0 Å². The van der Waals surface area contributed by atoms with Crippen LogP contribution >= 0.6 is 0 Å². The van der Waals surface area contributed by atoms with Gasteiger partial charge in [0.25, 0.3) is 6.71 Å². The SMILES string of the molecule is c1ccc(N2c3ccccc3B3c4ccccc4N(c4ccccc4)c4cc(-c5cccc6c5C5c7ccccc7C7c8ccccc8C675)cc2c43)cc1. The summed E-state index contributed by atoms with van der Waals surface area (Å²) in [6.45, 7) is 0.104. The lowest BCUT2D eigenvalue weighted by molar-refractivity contribution is 0.333. The van der Waals surface area contributed by atoms with E-state index in [0.29, 0.717) is 11.8 Å². The number of hydrogen-bond acceptors (Lipinski definition) is 2. The fraction of sp³-hybridized carbons (Fsp3) is 0.0588. The molecule has 2 aliphatic heterocycles. The first-order valence-corrected chi connectivity index (χ1v) is 19.2. The van der Waals surface area contributed by atoms with Crippen LogP contribution in [0.3, 0.4) is 0 Å². The van der Waals surface area contributed by atoms with Crippen LogP contribution in [0.4, 0.5) is 34.1 Å². The van der Waals surface area contributed by atoms with Crippen molar-refractivity contribution in [1.29, 1.82) is 0 Å². The van der Waals surface area contributed by atoms with Crippen molar-refractivity contribution >= 4 is 57.2 Å². The fourth-order valence-electron chi connectivity index (χ4n) is 11.5. The molecule has 1 spiro atoms. The van der Waals surface area contributed by atoms with Crippen molar-refractivity contribution in [3.63, 3.8) is 0 Å². The molecule has 0 aromatic heterocycles. The molecule has 0 amide bonds. The van der Waals surface area contributed by atoms with Crippen LogP contribution in [0.5, 0.6) is 0 Å². The van der Waals surface area contributed by atoms with E-state index in [2.05, 4.69) is 198 Å². The number of nitrogens with zero attached hydrogens (tertiary/aromatic N) is 2. The van der Waals surface area contributed by atoms with Gasteiger partial charge in [-0.2, -0.15) is 0 Å². The van der Waals surface area contributed by atoms with Gasteiger partial charge < -0.3 is 9.80 Å². The van der Waals surface area contributed by atoms with Gasteiger partial charge >= 0.3 is 0 Å². The Balaban J connectivity index is 1.12. The molecule has 3 aliphatic carbocycles. The number of anilines is 6. The zero-order valence-corrected chi connectivity index (χ0v) is 29.5. The van der Waals surface area contributed by atoms with Gasteiger partial charge in [-0.3, -0.25) is 0 Å². The van der Waals surface area contributed by atoms with Gasteiger partial charge in [-0.05, 0) is 109 Å². The third-order valence-electron chi connectivity index (χ3n) is 13.3. The van der Waals surface area contributed by atoms with E-state index in [9.17, 15) is 0 Å². The van der Waals surface area contributed by atoms with Crippen LogP contribution < -0.4 is 26.2 Å². The lowest BCUT2D eigenvalue weighted by Crippen LogP contribution is -2.61. The Kier molecular flexibility index (Phi) is 5.52. The highest BCUT2D eigenvalue weighted by Gasteiger charge is 2.69. The van der Waals surface area contributed by atoms with Crippen LogP contribution in [0.2, 0.25) is 0 Å². The van der Waals surface area contributed by atoms with Crippen LogP contribution in [-0.4, -0.2) is 6.71 Å². The first-order valence-electron chi connectivity index (χ1n) is 19.2. The van der Waals surface area contributed by atoms with Gasteiger partial charge in [0.1, 0.15) is 0 Å². The largest absolute Gasteiger partial charge is 0.311 e. The zero-order chi connectivity index (χ0) is 35.1. The molecule has 5 aliphatic rings. The van der Waals surface area contributed by atoms with Crippen molar-refractivity contribution in [2.24, 2.45) is 0 Å². The Hall–Kier alpha value is -6.58. The predicted molar refractivity (Wildman–Crippen MR) is 223 cm³/mol. The van der Waals surface area contributed by atoms with Gasteiger partial charge in [-0.25, -0.2) is 0 Å². The Morgan fingerprint density at radius 3 is 1.54 bits per heavy atom. The molecule has 0 saturated carbocycles. The standard InChI is InChI=1S/C51H33BN2/c1-3-16-33(17-4-1)53-43-28-13-11-26-41(43)52-42-27-12-14-29-44(42)54(34-18-5-2-6-19-34)46-31-32(30-45(53)50(46)52)35-23-15-25-40-47(35)49-37-21-8-7-20-36(37)48-38-22-9-10-24-39(38)51(40,48)49/h1-31,48-49H. The van der Waals surface area contributed by atoms with E-state index in [1.54, 1.807) is 0 Å². The normalized spacial score (nSPS) is 19.8. The van der Waals surface area contributed by atoms with E-state index in [-0.39, 0.29) is 12.1 Å². The molecule has 8 aromatic carbocycles. The van der Waals surface area contributed by atoms with E-state index in [1.165, 1.54) is 95.0 Å². The quantitative estimate of drug-likeness (QED) is 0.171. The van der Waals surface area contributed by atoms with Crippen molar-refractivity contribution in [1.82, 2.24) is 0 Å². The molecule has 2 nitrogen and oxygen atoms in total. The zero-order valence-electron chi connectivity index (χ0n) is 29.5. The number of benzene rings is 8. The summed E-state index contributed by atoms with van der Waals surface area (Å²) < 4.78 is 0. The molecule has 3 atom stereocenters. The summed E-state index contributed by atoms with van der Waals surface area (Å²) in [4.78, 5) is 5.04. The highest BCUT2D eigenvalue weighted by Crippen LogP contribution is 2.78. The third-order valence-corrected chi connectivity index (χ3v) is 13.3. The highest BCUT2D eigenvalue weighted by atomic mass is 15.2. The van der Waals surface area contributed by atoms with Gasteiger partial charge in [0, 0.05) is 51.4 Å². The highest BCUT2D eigenvalue weighted by molar-refractivity contribution is 7.00. The molecule has 0 radical (unpaired) electrons. The van der Waals surface area contributed by atoms with Crippen LogP contribution in [0.25, 0.3) is 11.1 Å². The van der Waals surface area contributed by atoms with Crippen molar-refractivity contribution in [2.75, 3.05) is 9.80 Å². The number of hydrogen-bond donors (Lipinski definition) is 0. The molecule has 250 valence electrons. The molecule has 0 saturated heterocycles. The molecule has 2 heterocycles. The lowest BCUT2D eigenvalue weighted by Gasteiger charge is -2.59. The minimum atomic E-state index is 0.0171. The van der Waals surface area contributed by atoms with Crippen molar-refractivity contribution < 1.29 is 0 Å². The van der Waals surface area contributed by atoms with E-state index < -0.39 is 0 Å². The summed E-state index contributed by atoms with van der Waals surface area (Å²) in [6.07, 6.45) is 0. The van der Waals surface area contributed by atoms with Crippen LogP contribution in [0.15, 0.2) is 188 Å². The van der Waals surface area contributed by atoms with Gasteiger partial charge in [0.05, 0.1) is 0 Å². The second-order valence-corrected chi connectivity index (χ2v) is 15.5. The maximum Gasteiger partial charge on any atom is 0.252 e. The molecule has 3 unspecified atom stereocenters. The average Bonchev–Trinajstić information content (AvgIpc) is 3.44. The molecule has 54 heavy (non-hydrogen) atoms. The van der Waals surface area contributed by atoms with Gasteiger partial charge in [0.15, 0.2) is 0 Å². The summed E-state index contributed by atoms with van der Waals surface area (Å²) in [6, 6.07) is 70.7. The minimum Gasteiger partial charge on any atom is -0.311 e. The molecular weight excluding hydrogens is 651 g/mol. The monoisotopic (exact) mass is 684 g/mol. The summed E-state index contributed by atoms with van der Waals surface area (Å²) in [5, 5.41) is 0. The first kappa shape index (κ1) is 28.9. The Bertz CT molecular complexity index is 2760. The maximum absolute atomic E-state index is 2.52. The topological polar surface area (TPSA) is 6.48 Å². The Morgan fingerprint density at radius 2 is 0.907 bits per heavy atom. The van der Waals surface area contributed by atoms with Crippen LogP contribution in [0.1, 0.15) is 45.2 Å². The maximum atomic E-state index is 2.52. The van der Waals surface area contributed by atoms with E-state index in [4.69, 9.17) is 0 Å². The second-order valence-electron chi connectivity index (χ2n) is 15.5. The van der Waals surface area contributed by atoms with Crippen LogP contribution in [-0.2, 0) is 5.41 Å². The number of rotatable bonds is 3. The molecule has 0 N–H and O–H groups in total. The van der Waals surface area contributed by atoms with Crippen molar-refractivity contribution in [3.8, 4) is 11.1 Å². The second kappa shape index (κ2) is 10.3. The summed E-state index contributed by atoms with van der Waals surface area (Å²) in [5.41, 5.74) is 23.0. The van der Waals surface area contributed by atoms with Crippen molar-refractivity contribution in [2.45, 2.75) is 17.3 Å². The van der Waals surface area contributed by atoms with Gasteiger partial charge in [0.2, 0.25) is 0 Å². The average molecular weight is 685 g/mol. The Morgan fingerprint density at radius 1 is 0.407 bits per heavy atom. The van der Waals surface area contributed by atoms with E-state index in [0.717, 1.165) is 0 Å². The van der Waals surface area contributed by atoms with Gasteiger partial charge in [-0.1, -0.05) is 140 Å². The van der Waals surface area contributed by atoms with Crippen molar-refractivity contribution in [3.05, 3.63) is 221 Å². The van der Waals surface area contributed by atoms with Crippen LogP contribution in [0, 0.1) is 0 Å². The third kappa shape index (κ3) is 3.36. The summed E-state index contributed by atoms with van der Waals surface area (Å²) >= 11 is 0. The number of para-hydroxylation sites is 4. The molecule has 0 bridgehead atoms. The molecule has 3 heteroatoms. The first-order chi connectivity index (χ1) is 26.8. The molecule has 13 rings (SSSR count). The fourth-order valence-corrected chi connectivity index (χ4v) is 11.5. The number of fused-ring (bicyclic) bond motifs is 11. The summed E-state index contributed by atoms with van der Waals surface area (Å²) in [7, 11) is 0. The predicted octanol–water partition coefficient (Wildman–Crippen LogP) is 10.3. The minimum absolute atomic E-state index is 0.0171. The Labute approximate surface area is 315 Å². The van der Waals surface area contributed by atoms with Gasteiger partial charge in [-0.15, -0.1) is 0 Å². The summed E-state index contributed by atoms with van der Waals surface area (Å²) in [5.74, 6) is 0.745. The molecular formula is C51H33BN2. The smallest absolute Gasteiger partial charge is 0.252 e. The molecule has 0 fully saturated rings. The lowest BCUT2D eigenvalue weighted by atomic mass is 9.33. The molecule has 8 aromatic rings. The van der Waals surface area contributed by atoms with E-state index in [1.807, 2.05) is 0 Å².